The predicted octanol–water partition coefficient (Wildman–Crippen LogP) is 3.67. The summed E-state index contributed by atoms with van der Waals surface area (Å²) >= 11 is 0. The highest BCUT2D eigenvalue weighted by atomic mass is 19.4. The average Bonchev–Trinajstić information content (AvgIpc) is 2.41. The lowest BCUT2D eigenvalue weighted by molar-refractivity contribution is -0.185. The van der Waals surface area contributed by atoms with E-state index in [0.29, 0.717) is 6.42 Å². The molecule has 1 fully saturated rings. The lowest BCUT2D eigenvalue weighted by atomic mass is 9.80. The lowest BCUT2D eigenvalue weighted by Gasteiger charge is -2.29. The van der Waals surface area contributed by atoms with Crippen LogP contribution in [-0.4, -0.2) is 17.1 Å². The van der Waals surface area contributed by atoms with Crippen LogP contribution in [0.25, 0.3) is 0 Å². The molecule has 1 N–H and O–H groups in total. The van der Waals surface area contributed by atoms with Gasteiger partial charge in [0.05, 0.1) is 11.6 Å². The summed E-state index contributed by atoms with van der Waals surface area (Å²) < 4.78 is 63.9. The lowest BCUT2D eigenvalue weighted by Crippen LogP contribution is -2.34. The van der Waals surface area contributed by atoms with Gasteiger partial charge in [-0.2, -0.15) is 26.9 Å². The molecule has 1 aromatic rings. The van der Waals surface area contributed by atoms with Crippen LogP contribution in [0.1, 0.15) is 25.7 Å². The van der Waals surface area contributed by atoms with E-state index in [1.54, 1.807) is 0 Å². The van der Waals surface area contributed by atoms with Gasteiger partial charge in [-0.25, -0.2) is 0 Å². The van der Waals surface area contributed by atoms with Crippen LogP contribution in [0, 0.1) is 23.7 Å². The molecule has 0 radical (unpaired) electrons. The van der Waals surface area contributed by atoms with E-state index in [4.69, 9.17) is 0 Å². The number of nitrogens with zero attached hydrogens (tertiary/aromatic N) is 1. The van der Waals surface area contributed by atoms with Crippen LogP contribution in [0.15, 0.2) is 12.1 Å². The first-order valence-corrected chi connectivity index (χ1v) is 6.47. The molecule has 0 saturated heterocycles. The summed E-state index contributed by atoms with van der Waals surface area (Å²) in [6.45, 7) is 0. The number of rotatable bonds is 2. The number of alkyl halides is 3. The summed E-state index contributed by atoms with van der Waals surface area (Å²) in [5, 5.41) is 2.17. The van der Waals surface area contributed by atoms with E-state index in [1.807, 2.05) is 0 Å². The highest BCUT2D eigenvalue weighted by molar-refractivity contribution is 5.92. The van der Waals surface area contributed by atoms with Crippen molar-refractivity contribution < 1.29 is 26.7 Å². The fraction of sp³-hybridized carbons (Fsp3) is 0.538. The molecule has 0 bridgehead atoms. The highest BCUT2D eigenvalue weighted by Crippen LogP contribution is 2.40. The topological polar surface area (TPSA) is 42.0 Å². The summed E-state index contributed by atoms with van der Waals surface area (Å²) in [6.07, 6.45) is -4.05. The third-order valence-corrected chi connectivity index (χ3v) is 3.58. The van der Waals surface area contributed by atoms with Crippen molar-refractivity contribution in [1.82, 2.24) is 4.98 Å². The van der Waals surface area contributed by atoms with Gasteiger partial charge in [0, 0.05) is 5.92 Å². The second-order valence-electron chi connectivity index (χ2n) is 5.06. The standard InChI is InChI=1S/C13H13F5N2O/c14-10-5-4-9(11(15)20-10)19-12(21)7-2-1-3-8(6-7)13(16,17)18/h4-5,7-8H,1-3,6H2,(H,19,21). The van der Waals surface area contributed by atoms with E-state index in [1.165, 1.54) is 0 Å². The Bertz CT molecular complexity index is 532. The predicted molar refractivity (Wildman–Crippen MR) is 64.3 cm³/mol. The monoisotopic (exact) mass is 308 g/mol. The second kappa shape index (κ2) is 5.95. The molecule has 8 heteroatoms. The molecule has 1 aromatic heterocycles. The number of amides is 1. The van der Waals surface area contributed by atoms with E-state index in [9.17, 15) is 26.7 Å². The Morgan fingerprint density at radius 1 is 1.24 bits per heavy atom. The van der Waals surface area contributed by atoms with Crippen molar-refractivity contribution >= 4 is 11.6 Å². The van der Waals surface area contributed by atoms with Crippen LogP contribution in [0.4, 0.5) is 27.6 Å². The fourth-order valence-electron chi connectivity index (χ4n) is 2.47. The molecule has 116 valence electrons. The summed E-state index contributed by atoms with van der Waals surface area (Å²) in [6, 6.07) is 1.84. The molecule has 1 amide bonds. The molecule has 2 rings (SSSR count). The Hall–Kier alpha value is -1.73. The third-order valence-electron chi connectivity index (χ3n) is 3.58. The molecule has 21 heavy (non-hydrogen) atoms. The van der Waals surface area contributed by atoms with Gasteiger partial charge in [0.15, 0.2) is 0 Å². The van der Waals surface area contributed by atoms with Crippen molar-refractivity contribution in [2.24, 2.45) is 11.8 Å². The Morgan fingerprint density at radius 3 is 2.57 bits per heavy atom. The molecule has 3 nitrogen and oxygen atoms in total. The zero-order chi connectivity index (χ0) is 15.6. The van der Waals surface area contributed by atoms with E-state index < -0.39 is 35.8 Å². The number of carbonyl (C=O) groups is 1. The molecular formula is C13H13F5N2O. The van der Waals surface area contributed by atoms with Gasteiger partial charge in [-0.15, -0.1) is 0 Å². The highest BCUT2D eigenvalue weighted by Gasteiger charge is 2.43. The molecule has 2 unspecified atom stereocenters. The number of anilines is 1. The molecule has 1 heterocycles. The SMILES string of the molecule is O=C(Nc1ccc(F)nc1F)C1CCCC(C(F)(F)F)C1. The van der Waals surface area contributed by atoms with Crippen molar-refractivity contribution in [2.45, 2.75) is 31.9 Å². The van der Waals surface area contributed by atoms with Crippen molar-refractivity contribution in [2.75, 3.05) is 5.32 Å². The molecule has 1 aliphatic carbocycles. The van der Waals surface area contributed by atoms with Gasteiger partial charge >= 0.3 is 6.18 Å². The second-order valence-corrected chi connectivity index (χ2v) is 5.06. The Labute approximate surface area is 117 Å². The molecule has 0 aliphatic heterocycles. The minimum atomic E-state index is -4.33. The Morgan fingerprint density at radius 2 is 1.95 bits per heavy atom. The van der Waals surface area contributed by atoms with Gasteiger partial charge in [0.2, 0.25) is 17.8 Å². The Kier molecular flexibility index (Phi) is 4.43. The van der Waals surface area contributed by atoms with Crippen LogP contribution in [-0.2, 0) is 4.79 Å². The quantitative estimate of drug-likeness (QED) is 0.669. The smallest absolute Gasteiger partial charge is 0.322 e. The third kappa shape index (κ3) is 3.89. The van der Waals surface area contributed by atoms with Gasteiger partial charge in [0.1, 0.15) is 0 Å². The first-order valence-electron chi connectivity index (χ1n) is 6.47. The van der Waals surface area contributed by atoms with Crippen LogP contribution < -0.4 is 5.32 Å². The van der Waals surface area contributed by atoms with Gasteiger partial charge in [-0.1, -0.05) is 6.42 Å². The van der Waals surface area contributed by atoms with E-state index in [-0.39, 0.29) is 24.9 Å². The van der Waals surface area contributed by atoms with Gasteiger partial charge in [0.25, 0.3) is 0 Å². The Balaban J connectivity index is 2.03. The number of hydrogen-bond acceptors (Lipinski definition) is 2. The maximum Gasteiger partial charge on any atom is 0.391 e. The zero-order valence-electron chi connectivity index (χ0n) is 10.9. The molecule has 0 aromatic carbocycles. The van der Waals surface area contributed by atoms with Crippen molar-refractivity contribution in [3.8, 4) is 0 Å². The number of nitrogens with one attached hydrogen (secondary N) is 1. The molecular weight excluding hydrogens is 295 g/mol. The zero-order valence-corrected chi connectivity index (χ0v) is 10.9. The largest absolute Gasteiger partial charge is 0.391 e. The number of aromatic nitrogens is 1. The minimum absolute atomic E-state index is 0.000253. The van der Waals surface area contributed by atoms with Crippen LogP contribution in [0.5, 0.6) is 0 Å². The van der Waals surface area contributed by atoms with E-state index in [2.05, 4.69) is 10.3 Å². The summed E-state index contributed by atoms with van der Waals surface area (Å²) in [5.41, 5.74) is -0.337. The fourth-order valence-corrected chi connectivity index (χ4v) is 2.47. The van der Waals surface area contributed by atoms with Crippen molar-refractivity contribution in [3.63, 3.8) is 0 Å². The number of hydrogen-bond donors (Lipinski definition) is 1. The van der Waals surface area contributed by atoms with Crippen LogP contribution >= 0.6 is 0 Å². The summed E-state index contributed by atoms with van der Waals surface area (Å²) in [4.78, 5) is 14.8. The van der Waals surface area contributed by atoms with Gasteiger partial charge < -0.3 is 5.32 Å². The number of carbonyl (C=O) groups excluding carboxylic acids is 1. The number of pyridine rings is 1. The van der Waals surface area contributed by atoms with E-state index in [0.717, 1.165) is 12.1 Å². The van der Waals surface area contributed by atoms with Crippen molar-refractivity contribution in [1.29, 1.82) is 0 Å². The normalized spacial score (nSPS) is 22.9. The first-order chi connectivity index (χ1) is 9.77. The maximum atomic E-state index is 13.3. The van der Waals surface area contributed by atoms with E-state index >= 15 is 0 Å². The minimum Gasteiger partial charge on any atom is -0.322 e. The molecule has 1 saturated carbocycles. The molecule has 1 aliphatic rings. The van der Waals surface area contributed by atoms with Crippen LogP contribution in [0.3, 0.4) is 0 Å². The molecule has 0 spiro atoms. The van der Waals surface area contributed by atoms with Gasteiger partial charge in [-0.05, 0) is 31.4 Å². The van der Waals surface area contributed by atoms with Crippen LogP contribution in [0.2, 0.25) is 0 Å². The number of halogens is 5. The molecule has 2 atom stereocenters. The summed E-state index contributed by atoms with van der Waals surface area (Å²) in [7, 11) is 0. The van der Waals surface area contributed by atoms with Gasteiger partial charge in [-0.3, -0.25) is 4.79 Å². The first kappa shape index (κ1) is 15.7. The summed E-state index contributed by atoms with van der Waals surface area (Å²) in [5.74, 6) is -5.30. The maximum absolute atomic E-state index is 13.3. The van der Waals surface area contributed by atoms with Crippen molar-refractivity contribution in [3.05, 3.63) is 24.0 Å². The average molecular weight is 308 g/mol.